The van der Waals surface area contributed by atoms with Gasteiger partial charge in [-0.05, 0) is 44.2 Å². The van der Waals surface area contributed by atoms with E-state index in [1.807, 2.05) is 32.0 Å². The normalized spacial score (nSPS) is 10.7. The molecule has 9 heteroatoms. The molecular formula is C26H24N4O4S. The number of benzene rings is 2. The van der Waals surface area contributed by atoms with Crippen LogP contribution in [0, 0.1) is 13.8 Å². The highest BCUT2D eigenvalue weighted by Gasteiger charge is 2.12. The maximum absolute atomic E-state index is 12.5. The minimum absolute atomic E-state index is 0.0801. The van der Waals surface area contributed by atoms with Crippen LogP contribution in [-0.2, 0) is 11.3 Å². The first-order valence-corrected chi connectivity index (χ1v) is 11.8. The first-order valence-electron chi connectivity index (χ1n) is 11.0. The Hall–Kier alpha value is -4.11. The van der Waals surface area contributed by atoms with E-state index in [1.54, 1.807) is 42.5 Å². The van der Waals surface area contributed by atoms with E-state index >= 15 is 0 Å². The monoisotopic (exact) mass is 488 g/mol. The lowest BCUT2D eigenvalue weighted by Gasteiger charge is -2.09. The second-order valence-electron chi connectivity index (χ2n) is 7.79. The molecule has 4 rings (SSSR count). The molecule has 0 radical (unpaired) electrons. The minimum atomic E-state index is -0.326. The number of hydrogen-bond donors (Lipinski definition) is 1. The summed E-state index contributed by atoms with van der Waals surface area (Å²) in [5.74, 6) is 0.0709. The van der Waals surface area contributed by atoms with Gasteiger partial charge in [0.1, 0.15) is 11.4 Å². The molecule has 2 heterocycles. The summed E-state index contributed by atoms with van der Waals surface area (Å²) < 4.78 is 6.84. The quantitative estimate of drug-likeness (QED) is 0.362. The smallest absolute Gasteiger partial charge is 0.266 e. The number of nitrogens with zero attached hydrogens (tertiary/aromatic N) is 3. The van der Waals surface area contributed by atoms with Gasteiger partial charge >= 0.3 is 0 Å². The summed E-state index contributed by atoms with van der Waals surface area (Å²) in [6.07, 6.45) is 0. The third-order valence-electron chi connectivity index (χ3n) is 5.17. The van der Waals surface area contributed by atoms with E-state index in [9.17, 15) is 14.4 Å². The second-order valence-corrected chi connectivity index (χ2v) is 8.99. The lowest BCUT2D eigenvalue weighted by atomic mass is 10.0. The molecule has 2 aromatic carbocycles. The van der Waals surface area contributed by atoms with Crippen molar-refractivity contribution in [3.8, 4) is 16.3 Å². The number of carbonyl (C=O) groups excluding carboxylic acids is 2. The molecule has 4 aromatic rings. The maximum Gasteiger partial charge on any atom is 0.266 e. The van der Waals surface area contributed by atoms with Crippen molar-refractivity contribution in [3.05, 3.63) is 98.9 Å². The van der Waals surface area contributed by atoms with Gasteiger partial charge in [0.05, 0.1) is 22.1 Å². The van der Waals surface area contributed by atoms with Crippen molar-refractivity contribution in [2.24, 2.45) is 0 Å². The largest absolute Gasteiger partial charge is 0.484 e. The molecule has 0 aliphatic heterocycles. The second kappa shape index (κ2) is 10.9. The molecular weight excluding hydrogens is 464 g/mol. The Kier molecular flexibility index (Phi) is 7.47. The molecule has 0 bridgehead atoms. The van der Waals surface area contributed by atoms with Gasteiger partial charge in [-0.2, -0.15) is 5.10 Å². The molecule has 0 aliphatic carbocycles. The van der Waals surface area contributed by atoms with Crippen molar-refractivity contribution < 1.29 is 14.3 Å². The minimum Gasteiger partial charge on any atom is -0.484 e. The van der Waals surface area contributed by atoms with E-state index in [2.05, 4.69) is 15.4 Å². The molecule has 0 spiro atoms. The molecule has 0 aliphatic rings. The van der Waals surface area contributed by atoms with Gasteiger partial charge in [0, 0.05) is 23.7 Å². The number of aryl methyl sites for hydroxylation is 2. The number of aromatic nitrogens is 3. The Labute approximate surface area is 206 Å². The van der Waals surface area contributed by atoms with Crippen LogP contribution < -0.4 is 15.6 Å². The van der Waals surface area contributed by atoms with Gasteiger partial charge in [0.25, 0.3) is 11.5 Å². The fourth-order valence-electron chi connectivity index (χ4n) is 3.46. The number of nitrogens with one attached hydrogen (secondary N) is 1. The van der Waals surface area contributed by atoms with Crippen LogP contribution in [0.25, 0.3) is 10.6 Å². The molecule has 0 saturated heterocycles. The summed E-state index contributed by atoms with van der Waals surface area (Å²) >= 11 is 1.52. The Balaban J connectivity index is 1.27. The molecule has 1 N–H and O–H groups in total. The van der Waals surface area contributed by atoms with E-state index in [-0.39, 0.29) is 36.9 Å². The number of thiazole rings is 1. The zero-order valence-electron chi connectivity index (χ0n) is 19.4. The Morgan fingerprint density at radius 2 is 1.69 bits per heavy atom. The maximum atomic E-state index is 12.5. The third kappa shape index (κ3) is 6.07. The lowest BCUT2D eigenvalue weighted by Crippen LogP contribution is -2.34. The van der Waals surface area contributed by atoms with Crippen LogP contribution in [0.5, 0.6) is 5.75 Å². The number of ketones is 1. The van der Waals surface area contributed by atoms with Gasteiger partial charge in [0.15, 0.2) is 12.4 Å². The number of rotatable bonds is 9. The summed E-state index contributed by atoms with van der Waals surface area (Å²) in [4.78, 5) is 42.1. The highest BCUT2D eigenvalue weighted by atomic mass is 32.1. The highest BCUT2D eigenvalue weighted by molar-refractivity contribution is 7.15. The van der Waals surface area contributed by atoms with Crippen LogP contribution >= 0.6 is 11.3 Å². The van der Waals surface area contributed by atoms with Crippen LogP contribution in [0.15, 0.2) is 71.5 Å². The average molecular weight is 489 g/mol. The first kappa shape index (κ1) is 24.0. The van der Waals surface area contributed by atoms with Gasteiger partial charge < -0.3 is 10.1 Å². The molecule has 0 fully saturated rings. The number of ether oxygens (including phenoxy) is 1. The first-order chi connectivity index (χ1) is 16.9. The summed E-state index contributed by atoms with van der Waals surface area (Å²) in [6.45, 7) is 4.10. The third-order valence-corrected chi connectivity index (χ3v) is 6.27. The predicted molar refractivity (Wildman–Crippen MR) is 134 cm³/mol. The van der Waals surface area contributed by atoms with E-state index in [0.717, 1.165) is 15.6 Å². The zero-order chi connectivity index (χ0) is 24.8. The van der Waals surface area contributed by atoms with Gasteiger partial charge in [-0.25, -0.2) is 9.67 Å². The lowest BCUT2D eigenvalue weighted by molar-refractivity contribution is -0.123. The van der Waals surface area contributed by atoms with Gasteiger partial charge in [0.2, 0.25) is 0 Å². The van der Waals surface area contributed by atoms with Gasteiger partial charge in [-0.3, -0.25) is 14.4 Å². The molecule has 0 unspecified atom stereocenters. The highest BCUT2D eigenvalue weighted by Crippen LogP contribution is 2.27. The van der Waals surface area contributed by atoms with Crippen molar-refractivity contribution in [3.63, 3.8) is 0 Å². The Morgan fingerprint density at radius 3 is 2.37 bits per heavy atom. The Morgan fingerprint density at radius 1 is 0.971 bits per heavy atom. The van der Waals surface area contributed by atoms with Crippen LogP contribution in [0.2, 0.25) is 0 Å². The SMILES string of the molecule is Cc1nc(C)c(-c2ccc(=O)n(CCNC(=O)COc3ccc(C(=O)c4ccccc4)cc3)n2)s1. The van der Waals surface area contributed by atoms with E-state index in [0.29, 0.717) is 22.6 Å². The fraction of sp³-hybridized carbons (Fsp3) is 0.192. The van der Waals surface area contributed by atoms with Gasteiger partial charge in [-0.15, -0.1) is 11.3 Å². The molecule has 0 atom stereocenters. The Bertz CT molecular complexity index is 1400. The standard InChI is InChI=1S/C26H24N4O4S/c1-17-26(35-18(2)28-17)22-12-13-24(32)30(29-22)15-14-27-23(31)16-34-21-10-8-20(9-11-21)25(33)19-6-4-3-5-7-19/h3-13H,14-16H2,1-2H3,(H,27,31). The average Bonchev–Trinajstić information content (AvgIpc) is 3.22. The summed E-state index contributed by atoms with van der Waals surface area (Å²) in [5, 5.41) is 8.08. The van der Waals surface area contributed by atoms with Crippen molar-refractivity contribution in [2.75, 3.05) is 13.2 Å². The zero-order valence-corrected chi connectivity index (χ0v) is 20.2. The molecule has 8 nitrogen and oxygen atoms in total. The van der Waals surface area contributed by atoms with Gasteiger partial charge in [-0.1, -0.05) is 30.3 Å². The number of hydrogen-bond acceptors (Lipinski definition) is 7. The molecule has 35 heavy (non-hydrogen) atoms. The fourth-order valence-corrected chi connectivity index (χ4v) is 4.34. The molecule has 1 amide bonds. The summed E-state index contributed by atoms with van der Waals surface area (Å²) in [7, 11) is 0. The molecule has 178 valence electrons. The van der Waals surface area contributed by atoms with Crippen LogP contribution in [-0.4, -0.2) is 39.6 Å². The summed E-state index contributed by atoms with van der Waals surface area (Å²) in [6, 6.07) is 18.8. The van der Waals surface area contributed by atoms with Crippen LogP contribution in [0.4, 0.5) is 0 Å². The van der Waals surface area contributed by atoms with E-state index < -0.39 is 0 Å². The topological polar surface area (TPSA) is 103 Å². The number of amides is 1. The van der Waals surface area contributed by atoms with Crippen molar-refractivity contribution >= 4 is 23.0 Å². The van der Waals surface area contributed by atoms with Crippen LogP contribution in [0.1, 0.15) is 26.6 Å². The molecule has 2 aromatic heterocycles. The summed E-state index contributed by atoms with van der Waals surface area (Å²) in [5.41, 5.74) is 2.45. The molecule has 0 saturated carbocycles. The van der Waals surface area contributed by atoms with Crippen molar-refractivity contribution in [1.82, 2.24) is 20.1 Å². The van der Waals surface area contributed by atoms with E-state index in [1.165, 1.54) is 22.1 Å². The van der Waals surface area contributed by atoms with E-state index in [4.69, 9.17) is 4.74 Å². The predicted octanol–water partition coefficient (Wildman–Crippen LogP) is 3.41. The van der Waals surface area contributed by atoms with Crippen molar-refractivity contribution in [1.29, 1.82) is 0 Å². The van der Waals surface area contributed by atoms with Crippen LogP contribution in [0.3, 0.4) is 0 Å². The van der Waals surface area contributed by atoms with Crippen molar-refractivity contribution in [2.45, 2.75) is 20.4 Å². The number of carbonyl (C=O) groups is 2.